The molecule has 0 aliphatic heterocycles. The molecule has 0 unspecified atom stereocenters. The maximum Gasteiger partial charge on any atom is 0.195 e. The van der Waals surface area contributed by atoms with Crippen LogP contribution in [-0.2, 0) is 6.54 Å². The van der Waals surface area contributed by atoms with Crippen LogP contribution in [0.4, 0.5) is 0 Å². The van der Waals surface area contributed by atoms with Crippen LogP contribution >= 0.6 is 12.2 Å². The molecule has 1 N–H and O–H groups in total. The SMILES string of the molecule is Cc1n[nH]c(=S)n1CCCCCCC(C)C. The summed E-state index contributed by atoms with van der Waals surface area (Å²) >= 11 is 5.15. The zero-order chi connectivity index (χ0) is 12.0. The van der Waals surface area contributed by atoms with Gasteiger partial charge in [0, 0.05) is 6.54 Å². The van der Waals surface area contributed by atoms with Crippen LogP contribution in [0, 0.1) is 17.6 Å². The average molecular weight is 241 g/mol. The van der Waals surface area contributed by atoms with E-state index in [-0.39, 0.29) is 0 Å². The summed E-state index contributed by atoms with van der Waals surface area (Å²) in [7, 11) is 0. The summed E-state index contributed by atoms with van der Waals surface area (Å²) in [6.45, 7) is 7.57. The molecule has 16 heavy (non-hydrogen) atoms. The molecule has 0 saturated carbocycles. The maximum atomic E-state index is 5.15. The first kappa shape index (κ1) is 13.4. The third-order valence-electron chi connectivity index (χ3n) is 2.86. The first-order chi connectivity index (χ1) is 7.61. The van der Waals surface area contributed by atoms with Crippen LogP contribution in [-0.4, -0.2) is 14.8 Å². The van der Waals surface area contributed by atoms with E-state index in [1.54, 1.807) is 0 Å². The quantitative estimate of drug-likeness (QED) is 0.581. The summed E-state index contributed by atoms with van der Waals surface area (Å²) in [6, 6.07) is 0. The number of hydrogen-bond acceptors (Lipinski definition) is 2. The predicted octanol–water partition coefficient (Wildman–Crippen LogP) is 3.86. The highest BCUT2D eigenvalue weighted by molar-refractivity contribution is 7.71. The van der Waals surface area contributed by atoms with E-state index < -0.39 is 0 Å². The van der Waals surface area contributed by atoms with Crippen molar-refractivity contribution in [3.8, 4) is 0 Å². The van der Waals surface area contributed by atoms with Crippen molar-refractivity contribution in [1.29, 1.82) is 0 Å². The molecule has 3 nitrogen and oxygen atoms in total. The summed E-state index contributed by atoms with van der Waals surface area (Å²) in [4.78, 5) is 0. The molecule has 0 atom stereocenters. The van der Waals surface area contributed by atoms with Crippen molar-refractivity contribution in [2.24, 2.45) is 5.92 Å². The molecule has 0 radical (unpaired) electrons. The second-order valence-electron chi connectivity index (χ2n) is 4.82. The van der Waals surface area contributed by atoms with E-state index in [0.717, 1.165) is 23.1 Å². The molecule has 92 valence electrons. The largest absolute Gasteiger partial charge is 0.304 e. The summed E-state index contributed by atoms with van der Waals surface area (Å²) < 4.78 is 2.83. The van der Waals surface area contributed by atoms with Crippen LogP contribution < -0.4 is 0 Å². The molecule has 1 rings (SSSR count). The Morgan fingerprint density at radius 2 is 1.94 bits per heavy atom. The van der Waals surface area contributed by atoms with Crippen LogP contribution in [0.3, 0.4) is 0 Å². The standard InChI is InChI=1S/C12H23N3S/c1-10(2)8-6-4-5-7-9-15-11(3)13-14-12(15)16/h10H,4-9H2,1-3H3,(H,14,16). The highest BCUT2D eigenvalue weighted by Crippen LogP contribution is 2.10. The summed E-state index contributed by atoms with van der Waals surface area (Å²) in [6.07, 6.45) is 6.53. The Bertz CT molecular complexity index is 351. The molecule has 0 aliphatic rings. The lowest BCUT2D eigenvalue weighted by molar-refractivity contribution is 0.502. The Hall–Kier alpha value is -0.640. The summed E-state index contributed by atoms with van der Waals surface area (Å²) in [5, 5.41) is 6.92. The molecule has 1 aromatic rings. The number of nitrogens with one attached hydrogen (secondary N) is 1. The summed E-state index contributed by atoms with van der Waals surface area (Å²) in [5.41, 5.74) is 0. The van der Waals surface area contributed by atoms with Gasteiger partial charge in [0.05, 0.1) is 0 Å². The van der Waals surface area contributed by atoms with Gasteiger partial charge in [-0.05, 0) is 31.5 Å². The molecule has 4 heteroatoms. The number of rotatable bonds is 7. The lowest BCUT2D eigenvalue weighted by Crippen LogP contribution is -2.00. The Morgan fingerprint density at radius 1 is 1.25 bits per heavy atom. The van der Waals surface area contributed by atoms with E-state index in [4.69, 9.17) is 12.2 Å². The Kier molecular flexibility index (Phi) is 5.74. The first-order valence-corrected chi connectivity index (χ1v) is 6.64. The van der Waals surface area contributed by atoms with Crippen LogP contribution in [0.5, 0.6) is 0 Å². The van der Waals surface area contributed by atoms with Crippen LogP contribution in [0.2, 0.25) is 0 Å². The highest BCUT2D eigenvalue weighted by atomic mass is 32.1. The van der Waals surface area contributed by atoms with Gasteiger partial charge in [-0.2, -0.15) is 5.10 Å². The van der Waals surface area contributed by atoms with E-state index in [1.807, 2.05) is 6.92 Å². The van der Waals surface area contributed by atoms with Crippen LogP contribution in [0.15, 0.2) is 0 Å². The number of nitrogens with zero attached hydrogens (tertiary/aromatic N) is 2. The molecule has 1 aromatic heterocycles. The molecule has 0 fully saturated rings. The van der Waals surface area contributed by atoms with Crippen LogP contribution in [0.25, 0.3) is 0 Å². The Balaban J connectivity index is 2.14. The van der Waals surface area contributed by atoms with Gasteiger partial charge in [-0.15, -0.1) is 0 Å². The van der Waals surface area contributed by atoms with Gasteiger partial charge in [-0.1, -0.05) is 39.5 Å². The van der Waals surface area contributed by atoms with Crippen molar-refractivity contribution in [3.63, 3.8) is 0 Å². The molecule has 0 bridgehead atoms. The molecule has 0 aliphatic carbocycles. The number of unbranched alkanes of at least 4 members (excludes halogenated alkanes) is 3. The van der Waals surface area contributed by atoms with Gasteiger partial charge in [0.1, 0.15) is 5.82 Å². The number of aryl methyl sites for hydroxylation is 1. The molecule has 1 heterocycles. The van der Waals surface area contributed by atoms with Gasteiger partial charge in [0.25, 0.3) is 0 Å². The van der Waals surface area contributed by atoms with Crippen molar-refractivity contribution in [2.45, 2.75) is 59.4 Å². The fourth-order valence-corrected chi connectivity index (χ4v) is 2.10. The summed E-state index contributed by atoms with van der Waals surface area (Å²) in [5.74, 6) is 1.83. The lowest BCUT2D eigenvalue weighted by atomic mass is 10.0. The third-order valence-corrected chi connectivity index (χ3v) is 3.17. The van der Waals surface area contributed by atoms with E-state index in [1.165, 1.54) is 32.1 Å². The van der Waals surface area contributed by atoms with Crippen LogP contribution in [0.1, 0.15) is 51.8 Å². The Labute approximate surface area is 103 Å². The molecule has 0 saturated heterocycles. The van der Waals surface area contributed by atoms with Gasteiger partial charge in [-0.25, -0.2) is 0 Å². The number of hydrogen-bond donors (Lipinski definition) is 1. The Morgan fingerprint density at radius 3 is 2.50 bits per heavy atom. The van der Waals surface area contributed by atoms with E-state index in [0.29, 0.717) is 0 Å². The van der Waals surface area contributed by atoms with Crippen molar-refractivity contribution >= 4 is 12.2 Å². The minimum Gasteiger partial charge on any atom is -0.304 e. The smallest absolute Gasteiger partial charge is 0.195 e. The minimum atomic E-state index is 0.750. The van der Waals surface area contributed by atoms with Gasteiger partial charge < -0.3 is 4.57 Å². The molecular weight excluding hydrogens is 218 g/mol. The van der Waals surface area contributed by atoms with E-state index >= 15 is 0 Å². The number of H-pyrrole nitrogens is 1. The van der Waals surface area contributed by atoms with Gasteiger partial charge in [0.2, 0.25) is 0 Å². The van der Waals surface area contributed by atoms with Gasteiger partial charge >= 0.3 is 0 Å². The van der Waals surface area contributed by atoms with E-state index in [2.05, 4.69) is 28.6 Å². The van der Waals surface area contributed by atoms with Gasteiger partial charge in [-0.3, -0.25) is 5.10 Å². The van der Waals surface area contributed by atoms with Crippen molar-refractivity contribution < 1.29 is 0 Å². The number of aromatic nitrogens is 3. The van der Waals surface area contributed by atoms with Gasteiger partial charge in [0.15, 0.2) is 4.77 Å². The van der Waals surface area contributed by atoms with Crippen molar-refractivity contribution in [1.82, 2.24) is 14.8 Å². The molecular formula is C12H23N3S. The average Bonchev–Trinajstić information content (AvgIpc) is 2.53. The zero-order valence-electron chi connectivity index (χ0n) is 10.6. The normalized spacial score (nSPS) is 11.2. The lowest BCUT2D eigenvalue weighted by Gasteiger charge is -2.05. The predicted molar refractivity (Wildman–Crippen MR) is 70.1 cm³/mol. The molecule has 0 spiro atoms. The fraction of sp³-hybridized carbons (Fsp3) is 0.833. The zero-order valence-corrected chi connectivity index (χ0v) is 11.4. The molecule has 0 amide bonds. The first-order valence-electron chi connectivity index (χ1n) is 6.23. The van der Waals surface area contributed by atoms with Crippen molar-refractivity contribution in [2.75, 3.05) is 0 Å². The van der Waals surface area contributed by atoms with Crippen molar-refractivity contribution in [3.05, 3.63) is 10.6 Å². The fourth-order valence-electron chi connectivity index (χ4n) is 1.84. The maximum absolute atomic E-state index is 5.15. The minimum absolute atomic E-state index is 0.750. The number of aromatic amines is 1. The topological polar surface area (TPSA) is 33.6 Å². The molecule has 0 aromatic carbocycles. The monoisotopic (exact) mass is 241 g/mol. The van der Waals surface area contributed by atoms with E-state index in [9.17, 15) is 0 Å². The second-order valence-corrected chi connectivity index (χ2v) is 5.21. The third kappa shape index (κ3) is 4.47. The highest BCUT2D eigenvalue weighted by Gasteiger charge is 2.00. The second kappa shape index (κ2) is 6.84.